The van der Waals surface area contributed by atoms with Gasteiger partial charge in [0.2, 0.25) is 5.91 Å². The van der Waals surface area contributed by atoms with Gasteiger partial charge in [-0.15, -0.1) is 11.3 Å². The van der Waals surface area contributed by atoms with E-state index in [0.29, 0.717) is 12.2 Å². The summed E-state index contributed by atoms with van der Waals surface area (Å²) in [6, 6.07) is 3.88. The zero-order valence-corrected chi connectivity index (χ0v) is 18.2. The van der Waals surface area contributed by atoms with Crippen molar-refractivity contribution >= 4 is 49.9 Å². The number of nitrogens with zero attached hydrogens (tertiary/aromatic N) is 4. The van der Waals surface area contributed by atoms with Crippen LogP contribution in [-0.4, -0.2) is 57.3 Å². The average molecular weight is 453 g/mol. The highest BCUT2D eigenvalue weighted by Gasteiger charge is 2.37. The van der Waals surface area contributed by atoms with Crippen LogP contribution in [0.3, 0.4) is 0 Å². The highest BCUT2D eigenvalue weighted by molar-refractivity contribution is 7.19. The van der Waals surface area contributed by atoms with Crippen molar-refractivity contribution < 1.29 is 13.9 Å². The van der Waals surface area contributed by atoms with Gasteiger partial charge in [-0.25, -0.2) is 14.4 Å². The Morgan fingerprint density at radius 2 is 2.22 bits per heavy atom. The van der Waals surface area contributed by atoms with Crippen LogP contribution in [0.4, 0.5) is 15.9 Å². The van der Waals surface area contributed by atoms with Crippen molar-refractivity contribution in [2.45, 2.75) is 25.4 Å². The minimum Gasteiger partial charge on any atom is -0.494 e. The molecule has 1 aliphatic carbocycles. The summed E-state index contributed by atoms with van der Waals surface area (Å²) in [4.78, 5) is 25.4. The lowest BCUT2D eigenvalue weighted by Crippen LogP contribution is -2.54. The highest BCUT2D eigenvalue weighted by atomic mass is 32.1. The molecule has 1 amide bonds. The normalized spacial score (nSPS) is 18.6. The number of alkyl halides is 1. The Morgan fingerprint density at radius 1 is 1.34 bits per heavy atom. The molecule has 0 bridgehead atoms. The summed E-state index contributed by atoms with van der Waals surface area (Å²) in [5.74, 6) is 1.39. The molecule has 10 heteroatoms. The number of ether oxygens (including phenoxy) is 1. The van der Waals surface area contributed by atoms with Gasteiger partial charge in [-0.2, -0.15) is 5.10 Å². The van der Waals surface area contributed by atoms with Crippen LogP contribution < -0.4 is 10.1 Å². The third-order valence-electron chi connectivity index (χ3n) is 6.36. The van der Waals surface area contributed by atoms with E-state index >= 15 is 0 Å². The van der Waals surface area contributed by atoms with E-state index in [2.05, 4.69) is 25.5 Å². The zero-order chi connectivity index (χ0) is 21.8. The van der Waals surface area contributed by atoms with Gasteiger partial charge >= 0.3 is 0 Å². The molecular weight excluding hydrogens is 431 g/mol. The van der Waals surface area contributed by atoms with Gasteiger partial charge in [0, 0.05) is 22.2 Å². The maximum Gasteiger partial charge on any atom is 0.226 e. The third kappa shape index (κ3) is 3.09. The molecule has 2 aliphatic rings. The minimum atomic E-state index is -0.871. The van der Waals surface area contributed by atoms with Crippen molar-refractivity contribution in [2.75, 3.05) is 25.5 Å². The number of H-pyrrole nitrogens is 1. The lowest BCUT2D eigenvalue weighted by atomic mass is 9.86. The number of likely N-dealkylation sites (tertiary alicyclic amines) is 1. The number of benzene rings is 1. The van der Waals surface area contributed by atoms with Crippen molar-refractivity contribution in [3.8, 4) is 5.75 Å². The molecule has 6 rings (SSSR count). The van der Waals surface area contributed by atoms with Crippen LogP contribution in [0.15, 0.2) is 24.7 Å². The van der Waals surface area contributed by atoms with E-state index < -0.39 is 6.17 Å². The Kier molecular flexibility index (Phi) is 4.49. The second-order valence-corrected chi connectivity index (χ2v) is 9.40. The number of hydrogen-bond acceptors (Lipinski definition) is 7. The Bertz CT molecular complexity index is 1350. The number of anilines is 2. The van der Waals surface area contributed by atoms with Crippen LogP contribution in [0.2, 0.25) is 0 Å². The fourth-order valence-electron chi connectivity index (χ4n) is 4.64. The average Bonchev–Trinajstić information content (AvgIpc) is 3.39. The fraction of sp³-hybridized carbons (Fsp3) is 0.364. The molecule has 1 saturated heterocycles. The van der Waals surface area contributed by atoms with E-state index in [1.807, 2.05) is 12.1 Å². The number of hydrogen-bond donors (Lipinski definition) is 2. The summed E-state index contributed by atoms with van der Waals surface area (Å²) < 4.78 is 18.8. The quantitative estimate of drug-likeness (QED) is 0.491. The van der Waals surface area contributed by atoms with Crippen LogP contribution in [0.25, 0.3) is 21.1 Å². The van der Waals surface area contributed by atoms with E-state index in [9.17, 15) is 9.18 Å². The molecule has 0 radical (unpaired) electrons. The monoisotopic (exact) mass is 452 g/mol. The first kappa shape index (κ1) is 19.4. The Labute approximate surface area is 186 Å². The molecule has 3 aromatic heterocycles. The fourth-order valence-corrected chi connectivity index (χ4v) is 5.91. The number of nitrogens with one attached hydrogen (secondary N) is 2. The van der Waals surface area contributed by atoms with Crippen molar-refractivity contribution in [1.29, 1.82) is 0 Å². The van der Waals surface area contributed by atoms with E-state index in [-0.39, 0.29) is 24.9 Å². The zero-order valence-electron chi connectivity index (χ0n) is 17.4. The number of fused-ring (bicyclic) bond motifs is 4. The first-order valence-corrected chi connectivity index (χ1v) is 11.4. The predicted molar refractivity (Wildman–Crippen MR) is 120 cm³/mol. The van der Waals surface area contributed by atoms with E-state index in [1.165, 1.54) is 10.4 Å². The summed E-state index contributed by atoms with van der Waals surface area (Å²) in [5.41, 5.74) is 2.89. The molecule has 1 atom stereocenters. The largest absolute Gasteiger partial charge is 0.494 e. The van der Waals surface area contributed by atoms with Crippen molar-refractivity contribution in [1.82, 2.24) is 25.1 Å². The molecule has 164 valence electrons. The number of halogens is 1. The standard InChI is InChI=1S/C22H21FN6O2S/c1-31-17-6-15-12(7-26-28-15)4-16(17)27-20-19-14-3-2-11(22(30)29-8-13(23)9-29)5-18(14)32-21(19)25-10-24-20/h4,6-7,10-11,13H,2-3,5,8-9H2,1H3,(H,26,28)(H,24,25,27)/t11-/m0/s1. The van der Waals surface area contributed by atoms with E-state index in [1.54, 1.807) is 35.9 Å². The predicted octanol–water partition coefficient (Wildman–Crippen LogP) is 3.61. The van der Waals surface area contributed by atoms with Gasteiger partial charge in [0.1, 0.15) is 28.9 Å². The van der Waals surface area contributed by atoms with Crippen LogP contribution in [0.1, 0.15) is 16.9 Å². The van der Waals surface area contributed by atoms with Crippen LogP contribution in [0, 0.1) is 5.92 Å². The summed E-state index contributed by atoms with van der Waals surface area (Å²) in [6.07, 6.45) is 4.65. The lowest BCUT2D eigenvalue weighted by molar-refractivity contribution is -0.143. The number of methoxy groups -OCH3 is 1. The molecule has 1 aliphatic heterocycles. The van der Waals surface area contributed by atoms with Crippen molar-refractivity contribution in [2.24, 2.45) is 5.92 Å². The number of amides is 1. The van der Waals surface area contributed by atoms with Gasteiger partial charge in [0.15, 0.2) is 0 Å². The van der Waals surface area contributed by atoms with Crippen LogP contribution in [0.5, 0.6) is 5.75 Å². The summed E-state index contributed by atoms with van der Waals surface area (Å²) in [7, 11) is 1.63. The Morgan fingerprint density at radius 3 is 3.03 bits per heavy atom. The second-order valence-electron chi connectivity index (χ2n) is 8.32. The smallest absolute Gasteiger partial charge is 0.226 e. The molecule has 0 spiro atoms. The molecule has 32 heavy (non-hydrogen) atoms. The van der Waals surface area contributed by atoms with Crippen molar-refractivity contribution in [3.05, 3.63) is 35.1 Å². The first-order chi connectivity index (χ1) is 15.6. The second kappa shape index (κ2) is 7.40. The molecule has 0 unspecified atom stereocenters. The highest BCUT2D eigenvalue weighted by Crippen LogP contribution is 2.42. The molecule has 1 fully saturated rings. The Balaban J connectivity index is 1.34. The number of aromatic amines is 1. The SMILES string of the molecule is COc1cc2[nH]ncc2cc1Nc1ncnc2sc3c(c12)CC[C@H](C(=O)N1CC(F)C1)C3. The maximum atomic E-state index is 13.2. The van der Waals surface area contributed by atoms with Gasteiger partial charge in [-0.1, -0.05) is 0 Å². The third-order valence-corrected chi connectivity index (χ3v) is 7.52. The maximum absolute atomic E-state index is 13.2. The number of aryl methyl sites for hydroxylation is 1. The van der Waals surface area contributed by atoms with Gasteiger partial charge in [-0.05, 0) is 30.9 Å². The van der Waals surface area contributed by atoms with E-state index in [0.717, 1.165) is 45.5 Å². The van der Waals surface area contributed by atoms with Gasteiger partial charge in [0.05, 0.1) is 43.0 Å². The molecule has 1 aromatic carbocycles. The van der Waals surface area contributed by atoms with Gasteiger partial charge < -0.3 is 15.0 Å². The molecule has 0 saturated carbocycles. The van der Waals surface area contributed by atoms with Gasteiger partial charge in [0.25, 0.3) is 0 Å². The molecule has 4 aromatic rings. The van der Waals surface area contributed by atoms with Crippen LogP contribution >= 0.6 is 11.3 Å². The topological polar surface area (TPSA) is 96.0 Å². The summed E-state index contributed by atoms with van der Waals surface area (Å²) in [5, 5.41) is 12.4. The number of aromatic nitrogens is 4. The number of rotatable bonds is 4. The first-order valence-electron chi connectivity index (χ1n) is 10.6. The molecule has 4 heterocycles. The Hall–Kier alpha value is -3.27. The minimum absolute atomic E-state index is 0.0737. The lowest BCUT2D eigenvalue weighted by Gasteiger charge is -2.37. The van der Waals surface area contributed by atoms with Gasteiger partial charge in [-0.3, -0.25) is 9.89 Å². The molecule has 8 nitrogen and oxygen atoms in total. The number of carbonyl (C=O) groups excluding carboxylic acids is 1. The summed E-state index contributed by atoms with van der Waals surface area (Å²) in [6.45, 7) is 0.466. The van der Waals surface area contributed by atoms with E-state index in [4.69, 9.17) is 4.74 Å². The van der Waals surface area contributed by atoms with Crippen molar-refractivity contribution in [3.63, 3.8) is 0 Å². The molecular formula is C22H21FN6O2S. The molecule has 2 N–H and O–H groups in total. The van der Waals surface area contributed by atoms with Crippen LogP contribution in [-0.2, 0) is 17.6 Å². The summed E-state index contributed by atoms with van der Waals surface area (Å²) >= 11 is 1.62. The number of carbonyl (C=O) groups is 1. The number of thiophene rings is 1.